The van der Waals surface area contributed by atoms with Crippen molar-refractivity contribution < 1.29 is 19.0 Å². The van der Waals surface area contributed by atoms with E-state index in [9.17, 15) is 4.79 Å². The second kappa shape index (κ2) is 14.0. The number of hydrogen-bond acceptors (Lipinski definition) is 6. The Kier molecular flexibility index (Phi) is 12.4. The smallest absolute Gasteiger partial charge is 0.251 e. The summed E-state index contributed by atoms with van der Waals surface area (Å²) in [7, 11) is 0. The summed E-state index contributed by atoms with van der Waals surface area (Å²) in [4.78, 5) is 12.5. The SMILES string of the molecule is CCOCOCC(CC(CS)COCC#N)NC(=O)c1ccc(Br)cc1. The van der Waals surface area contributed by atoms with Gasteiger partial charge in [0.2, 0.25) is 0 Å². The maximum atomic E-state index is 12.5. The highest BCUT2D eigenvalue weighted by Crippen LogP contribution is 2.13. The molecule has 1 aromatic carbocycles. The molecule has 144 valence electrons. The topological polar surface area (TPSA) is 80.6 Å². The summed E-state index contributed by atoms with van der Waals surface area (Å²) in [5.74, 6) is 0.512. The van der Waals surface area contributed by atoms with Gasteiger partial charge in [0, 0.05) is 16.6 Å². The Bertz CT molecular complexity index is 565. The number of rotatable bonds is 13. The van der Waals surface area contributed by atoms with Crippen LogP contribution in [0.4, 0.5) is 0 Å². The van der Waals surface area contributed by atoms with Crippen LogP contribution in [0.5, 0.6) is 0 Å². The zero-order chi connectivity index (χ0) is 19.2. The first kappa shape index (κ1) is 22.9. The van der Waals surface area contributed by atoms with Gasteiger partial charge >= 0.3 is 0 Å². The summed E-state index contributed by atoms with van der Waals surface area (Å²) in [6.45, 7) is 3.41. The number of nitrogens with zero attached hydrogens (tertiary/aromatic N) is 1. The van der Waals surface area contributed by atoms with E-state index in [4.69, 9.17) is 19.5 Å². The van der Waals surface area contributed by atoms with Crippen molar-refractivity contribution in [1.82, 2.24) is 5.32 Å². The van der Waals surface area contributed by atoms with Gasteiger partial charge in [-0.3, -0.25) is 4.79 Å². The highest BCUT2D eigenvalue weighted by atomic mass is 79.9. The quantitative estimate of drug-likeness (QED) is 0.277. The molecule has 0 saturated heterocycles. The molecule has 0 saturated carbocycles. The van der Waals surface area contributed by atoms with Crippen molar-refractivity contribution in [2.24, 2.45) is 5.92 Å². The molecule has 0 aliphatic carbocycles. The summed E-state index contributed by atoms with van der Waals surface area (Å²) >= 11 is 7.70. The molecule has 0 heterocycles. The van der Waals surface area contributed by atoms with Gasteiger partial charge in [-0.1, -0.05) is 15.9 Å². The lowest BCUT2D eigenvalue weighted by Gasteiger charge is -2.23. The van der Waals surface area contributed by atoms with E-state index in [2.05, 4.69) is 33.9 Å². The minimum absolute atomic E-state index is 0.0427. The maximum Gasteiger partial charge on any atom is 0.251 e. The van der Waals surface area contributed by atoms with Crippen molar-refractivity contribution in [1.29, 1.82) is 5.26 Å². The van der Waals surface area contributed by atoms with Crippen LogP contribution >= 0.6 is 28.6 Å². The van der Waals surface area contributed by atoms with Crippen molar-refractivity contribution >= 4 is 34.5 Å². The number of halogens is 1. The average Bonchev–Trinajstić information content (AvgIpc) is 2.64. The molecule has 2 unspecified atom stereocenters. The van der Waals surface area contributed by atoms with E-state index in [0.29, 0.717) is 37.6 Å². The lowest BCUT2D eigenvalue weighted by atomic mass is 10.0. The Morgan fingerprint density at radius 2 is 2.00 bits per heavy atom. The van der Waals surface area contributed by atoms with E-state index >= 15 is 0 Å². The minimum Gasteiger partial charge on any atom is -0.366 e. The third-order valence-corrected chi connectivity index (χ3v) is 4.57. The van der Waals surface area contributed by atoms with Crippen LogP contribution in [0, 0.1) is 17.2 Å². The molecule has 0 aliphatic rings. The highest BCUT2D eigenvalue weighted by molar-refractivity contribution is 9.10. The first-order chi connectivity index (χ1) is 12.6. The van der Waals surface area contributed by atoms with Crippen molar-refractivity contribution in [2.45, 2.75) is 19.4 Å². The molecule has 0 aromatic heterocycles. The third kappa shape index (κ3) is 9.55. The Morgan fingerprint density at radius 3 is 2.62 bits per heavy atom. The number of thiol groups is 1. The molecule has 26 heavy (non-hydrogen) atoms. The fraction of sp³-hybridized carbons (Fsp3) is 0.556. The number of ether oxygens (including phenoxy) is 3. The molecule has 8 heteroatoms. The van der Waals surface area contributed by atoms with Crippen molar-refractivity contribution in [3.05, 3.63) is 34.3 Å². The second-order valence-corrected chi connectivity index (χ2v) is 6.90. The fourth-order valence-electron chi connectivity index (χ4n) is 2.24. The Labute approximate surface area is 168 Å². The van der Waals surface area contributed by atoms with Gasteiger partial charge in [0.15, 0.2) is 0 Å². The lowest BCUT2D eigenvalue weighted by molar-refractivity contribution is -0.0569. The number of carbonyl (C=O) groups is 1. The van der Waals surface area contributed by atoms with E-state index in [1.807, 2.05) is 25.1 Å². The molecular formula is C18H25BrN2O4S. The molecule has 1 aromatic rings. The number of carbonyl (C=O) groups excluding carboxylic acids is 1. The molecule has 6 nitrogen and oxygen atoms in total. The minimum atomic E-state index is -0.213. The summed E-state index contributed by atoms with van der Waals surface area (Å²) in [5.41, 5.74) is 0.575. The average molecular weight is 445 g/mol. The summed E-state index contributed by atoms with van der Waals surface area (Å²) in [6.07, 6.45) is 0.628. The van der Waals surface area contributed by atoms with Crippen LogP contribution in [-0.4, -0.2) is 50.9 Å². The van der Waals surface area contributed by atoms with Crippen molar-refractivity contribution in [2.75, 3.05) is 39.0 Å². The molecule has 2 atom stereocenters. The summed E-state index contributed by atoms with van der Waals surface area (Å²) < 4.78 is 16.9. The monoisotopic (exact) mass is 444 g/mol. The van der Waals surface area contributed by atoms with Gasteiger partial charge in [-0.15, -0.1) is 0 Å². The van der Waals surface area contributed by atoms with E-state index in [1.165, 1.54) is 0 Å². The van der Waals surface area contributed by atoms with Crippen LogP contribution < -0.4 is 5.32 Å². The van der Waals surface area contributed by atoms with E-state index in [0.717, 1.165) is 4.47 Å². The number of nitriles is 1. The number of hydrogen-bond donors (Lipinski definition) is 2. The van der Waals surface area contributed by atoms with E-state index < -0.39 is 0 Å². The molecule has 1 rings (SSSR count). The maximum absolute atomic E-state index is 12.5. The normalized spacial score (nSPS) is 13.0. The summed E-state index contributed by atoms with van der Waals surface area (Å²) in [5, 5.41) is 11.6. The molecule has 0 bridgehead atoms. The van der Waals surface area contributed by atoms with Gasteiger partial charge in [-0.05, 0) is 49.3 Å². The van der Waals surface area contributed by atoms with Crippen LogP contribution in [0.25, 0.3) is 0 Å². The van der Waals surface area contributed by atoms with Crippen LogP contribution in [0.2, 0.25) is 0 Å². The predicted molar refractivity (Wildman–Crippen MR) is 106 cm³/mol. The molecule has 0 fully saturated rings. The molecule has 0 aliphatic heterocycles. The van der Waals surface area contributed by atoms with E-state index in [1.54, 1.807) is 12.1 Å². The lowest BCUT2D eigenvalue weighted by Crippen LogP contribution is -2.40. The van der Waals surface area contributed by atoms with Gasteiger partial charge in [-0.2, -0.15) is 17.9 Å². The molecule has 0 radical (unpaired) electrons. The molecule has 1 amide bonds. The largest absolute Gasteiger partial charge is 0.366 e. The standard InChI is InChI=1S/C18H25BrN2O4S/c1-2-23-13-25-11-17(9-14(12-26)10-24-8-7-20)21-18(22)15-3-5-16(19)6-4-15/h3-6,14,17,26H,2,8-13H2,1H3,(H,21,22). The van der Waals surface area contributed by atoms with Gasteiger partial charge in [0.25, 0.3) is 5.91 Å². The van der Waals surface area contributed by atoms with Gasteiger partial charge in [0.05, 0.1) is 25.3 Å². The zero-order valence-corrected chi connectivity index (χ0v) is 17.3. The van der Waals surface area contributed by atoms with Gasteiger partial charge in [-0.25, -0.2) is 0 Å². The Morgan fingerprint density at radius 1 is 1.27 bits per heavy atom. The number of amides is 1. The Balaban J connectivity index is 2.65. The van der Waals surface area contributed by atoms with Crippen LogP contribution in [0.3, 0.4) is 0 Å². The molecule has 0 spiro atoms. The van der Waals surface area contributed by atoms with Crippen LogP contribution in [0.1, 0.15) is 23.7 Å². The number of nitrogens with one attached hydrogen (secondary N) is 1. The van der Waals surface area contributed by atoms with Crippen LogP contribution in [-0.2, 0) is 14.2 Å². The first-order valence-electron chi connectivity index (χ1n) is 8.38. The molecule has 1 N–H and O–H groups in total. The van der Waals surface area contributed by atoms with E-state index in [-0.39, 0.29) is 31.3 Å². The molecular weight excluding hydrogens is 420 g/mol. The van der Waals surface area contributed by atoms with Gasteiger partial charge in [0.1, 0.15) is 13.4 Å². The van der Waals surface area contributed by atoms with Crippen molar-refractivity contribution in [3.8, 4) is 6.07 Å². The third-order valence-electron chi connectivity index (χ3n) is 3.53. The zero-order valence-electron chi connectivity index (χ0n) is 14.8. The first-order valence-corrected chi connectivity index (χ1v) is 9.80. The Hall–Kier alpha value is -1.11. The fourth-order valence-corrected chi connectivity index (χ4v) is 2.76. The van der Waals surface area contributed by atoms with Gasteiger partial charge < -0.3 is 19.5 Å². The second-order valence-electron chi connectivity index (χ2n) is 5.62. The van der Waals surface area contributed by atoms with Crippen LogP contribution in [0.15, 0.2) is 28.7 Å². The summed E-state index contributed by atoms with van der Waals surface area (Å²) in [6, 6.07) is 8.88. The number of benzene rings is 1. The predicted octanol–water partition coefficient (Wildman–Crippen LogP) is 3.03. The van der Waals surface area contributed by atoms with Crippen molar-refractivity contribution in [3.63, 3.8) is 0 Å². The highest BCUT2D eigenvalue weighted by Gasteiger charge is 2.19.